The minimum Gasteiger partial charge on any atom is -0.497 e. The summed E-state index contributed by atoms with van der Waals surface area (Å²) < 4.78 is 5.05. The summed E-state index contributed by atoms with van der Waals surface area (Å²) in [6, 6.07) is 7.47. The van der Waals surface area contributed by atoms with Gasteiger partial charge in [0.2, 0.25) is 5.91 Å². The molecule has 0 heterocycles. The highest BCUT2D eigenvalue weighted by atomic mass is 16.5. The third kappa shape index (κ3) is 4.87. The minimum atomic E-state index is -0.182. The van der Waals surface area contributed by atoms with Crippen LogP contribution in [-0.2, 0) is 11.2 Å². The molecular formula is C13H19NO3. The predicted molar refractivity (Wildman–Crippen MR) is 66.0 cm³/mol. The van der Waals surface area contributed by atoms with Crippen LogP contribution in [0.25, 0.3) is 0 Å². The SMILES string of the molecule is COc1ccc(CCC(=O)N[C@H](C)CO)cc1. The van der Waals surface area contributed by atoms with Crippen LogP contribution in [0.4, 0.5) is 0 Å². The Morgan fingerprint density at radius 2 is 2.06 bits per heavy atom. The number of benzene rings is 1. The summed E-state index contributed by atoms with van der Waals surface area (Å²) in [4.78, 5) is 11.5. The Balaban J connectivity index is 2.36. The summed E-state index contributed by atoms with van der Waals surface area (Å²) in [6.45, 7) is 1.74. The van der Waals surface area contributed by atoms with E-state index in [1.165, 1.54) is 0 Å². The molecule has 0 spiro atoms. The van der Waals surface area contributed by atoms with E-state index >= 15 is 0 Å². The van der Waals surface area contributed by atoms with Crippen LogP contribution in [0.15, 0.2) is 24.3 Å². The van der Waals surface area contributed by atoms with E-state index in [4.69, 9.17) is 9.84 Å². The zero-order valence-electron chi connectivity index (χ0n) is 10.3. The molecule has 0 aliphatic heterocycles. The molecule has 0 aliphatic carbocycles. The van der Waals surface area contributed by atoms with Crippen molar-refractivity contribution >= 4 is 5.91 Å². The van der Waals surface area contributed by atoms with E-state index in [1.807, 2.05) is 24.3 Å². The van der Waals surface area contributed by atoms with Gasteiger partial charge in [0.15, 0.2) is 0 Å². The number of amides is 1. The highest BCUT2D eigenvalue weighted by Gasteiger charge is 2.06. The van der Waals surface area contributed by atoms with Gasteiger partial charge < -0.3 is 15.2 Å². The van der Waals surface area contributed by atoms with E-state index in [0.29, 0.717) is 12.8 Å². The molecule has 0 bridgehead atoms. The van der Waals surface area contributed by atoms with Gasteiger partial charge in [-0.3, -0.25) is 4.79 Å². The van der Waals surface area contributed by atoms with E-state index in [1.54, 1.807) is 14.0 Å². The van der Waals surface area contributed by atoms with E-state index < -0.39 is 0 Å². The maximum Gasteiger partial charge on any atom is 0.220 e. The number of hydrogen-bond acceptors (Lipinski definition) is 3. The molecule has 0 saturated heterocycles. The summed E-state index contributed by atoms with van der Waals surface area (Å²) in [5, 5.41) is 11.5. The van der Waals surface area contributed by atoms with Crippen molar-refractivity contribution < 1.29 is 14.6 Å². The number of aliphatic hydroxyl groups is 1. The number of carbonyl (C=O) groups excluding carboxylic acids is 1. The zero-order valence-corrected chi connectivity index (χ0v) is 10.3. The third-order valence-electron chi connectivity index (χ3n) is 2.48. The summed E-state index contributed by atoms with van der Waals surface area (Å²) >= 11 is 0. The second-order valence-electron chi connectivity index (χ2n) is 4.00. The number of ether oxygens (including phenoxy) is 1. The predicted octanol–water partition coefficient (Wildman–Crippen LogP) is 1.12. The molecule has 0 aromatic heterocycles. The van der Waals surface area contributed by atoms with Gasteiger partial charge in [0.05, 0.1) is 13.7 Å². The fourth-order valence-corrected chi connectivity index (χ4v) is 1.44. The quantitative estimate of drug-likeness (QED) is 0.779. The van der Waals surface area contributed by atoms with Gasteiger partial charge in [0.1, 0.15) is 5.75 Å². The number of hydrogen-bond donors (Lipinski definition) is 2. The first-order valence-electron chi connectivity index (χ1n) is 5.69. The highest BCUT2D eigenvalue weighted by molar-refractivity contribution is 5.76. The molecule has 1 aromatic rings. The van der Waals surface area contributed by atoms with Crippen molar-refractivity contribution in [3.8, 4) is 5.75 Å². The van der Waals surface area contributed by atoms with Gasteiger partial charge in [-0.15, -0.1) is 0 Å². The van der Waals surface area contributed by atoms with Crippen LogP contribution >= 0.6 is 0 Å². The van der Waals surface area contributed by atoms with Crippen LogP contribution < -0.4 is 10.1 Å². The lowest BCUT2D eigenvalue weighted by molar-refractivity contribution is -0.121. The summed E-state index contributed by atoms with van der Waals surface area (Å²) in [5.74, 6) is 0.773. The molecule has 1 rings (SSSR count). The molecule has 0 unspecified atom stereocenters. The standard InChI is InChI=1S/C13H19NO3/c1-10(9-15)14-13(16)8-5-11-3-6-12(17-2)7-4-11/h3-4,6-7,10,15H,5,8-9H2,1-2H3,(H,14,16)/t10-/m1/s1. The van der Waals surface area contributed by atoms with E-state index in [-0.39, 0.29) is 18.6 Å². The first-order chi connectivity index (χ1) is 8.15. The fraction of sp³-hybridized carbons (Fsp3) is 0.462. The van der Waals surface area contributed by atoms with Crippen molar-refractivity contribution in [2.24, 2.45) is 0 Å². The molecule has 2 N–H and O–H groups in total. The monoisotopic (exact) mass is 237 g/mol. The Kier molecular flexibility index (Phi) is 5.49. The molecule has 0 saturated carbocycles. The van der Waals surface area contributed by atoms with Crippen molar-refractivity contribution in [3.63, 3.8) is 0 Å². The molecule has 0 aliphatic rings. The van der Waals surface area contributed by atoms with Gasteiger partial charge in [0, 0.05) is 12.5 Å². The minimum absolute atomic E-state index is 0.0335. The molecule has 0 fully saturated rings. The van der Waals surface area contributed by atoms with Crippen molar-refractivity contribution in [1.82, 2.24) is 5.32 Å². The number of aryl methyl sites for hydroxylation is 1. The molecule has 1 amide bonds. The average molecular weight is 237 g/mol. The summed E-state index contributed by atoms with van der Waals surface area (Å²) in [5.41, 5.74) is 1.10. The van der Waals surface area contributed by atoms with Crippen molar-refractivity contribution in [2.45, 2.75) is 25.8 Å². The van der Waals surface area contributed by atoms with Crippen LogP contribution in [0.2, 0.25) is 0 Å². The number of carbonyl (C=O) groups is 1. The topological polar surface area (TPSA) is 58.6 Å². The van der Waals surface area contributed by atoms with Crippen LogP contribution in [0.1, 0.15) is 18.9 Å². The highest BCUT2D eigenvalue weighted by Crippen LogP contribution is 2.12. The van der Waals surface area contributed by atoms with Crippen molar-refractivity contribution in [3.05, 3.63) is 29.8 Å². The first-order valence-corrected chi connectivity index (χ1v) is 5.69. The van der Waals surface area contributed by atoms with Gasteiger partial charge in [-0.25, -0.2) is 0 Å². The molecular weight excluding hydrogens is 218 g/mol. The van der Waals surface area contributed by atoms with Crippen molar-refractivity contribution in [2.75, 3.05) is 13.7 Å². The normalized spacial score (nSPS) is 11.9. The Hall–Kier alpha value is -1.55. The maximum atomic E-state index is 11.5. The van der Waals surface area contributed by atoms with Crippen LogP contribution in [-0.4, -0.2) is 30.8 Å². The number of rotatable bonds is 6. The van der Waals surface area contributed by atoms with E-state index in [2.05, 4.69) is 5.32 Å². The van der Waals surface area contributed by atoms with Crippen molar-refractivity contribution in [1.29, 1.82) is 0 Å². The van der Waals surface area contributed by atoms with Crippen LogP contribution in [0.3, 0.4) is 0 Å². The molecule has 1 aromatic carbocycles. The largest absolute Gasteiger partial charge is 0.497 e. The average Bonchev–Trinajstić information content (AvgIpc) is 2.36. The first kappa shape index (κ1) is 13.5. The number of nitrogens with one attached hydrogen (secondary N) is 1. The van der Waals surface area contributed by atoms with Gasteiger partial charge >= 0.3 is 0 Å². The molecule has 4 heteroatoms. The van der Waals surface area contributed by atoms with E-state index in [9.17, 15) is 4.79 Å². The lowest BCUT2D eigenvalue weighted by Gasteiger charge is -2.10. The molecule has 0 radical (unpaired) electrons. The van der Waals surface area contributed by atoms with Crippen LogP contribution in [0.5, 0.6) is 5.75 Å². The number of methoxy groups -OCH3 is 1. The second-order valence-corrected chi connectivity index (χ2v) is 4.00. The van der Waals surface area contributed by atoms with Crippen LogP contribution in [0, 0.1) is 0 Å². The molecule has 4 nitrogen and oxygen atoms in total. The number of aliphatic hydroxyl groups excluding tert-OH is 1. The summed E-state index contributed by atoms with van der Waals surface area (Å²) in [6.07, 6.45) is 1.12. The summed E-state index contributed by atoms with van der Waals surface area (Å²) in [7, 11) is 1.62. The van der Waals surface area contributed by atoms with Gasteiger partial charge in [-0.1, -0.05) is 12.1 Å². The van der Waals surface area contributed by atoms with Gasteiger partial charge in [-0.05, 0) is 31.0 Å². The molecule has 1 atom stereocenters. The molecule has 17 heavy (non-hydrogen) atoms. The Labute approximate surface area is 102 Å². The fourth-order valence-electron chi connectivity index (χ4n) is 1.44. The Morgan fingerprint density at radius 1 is 1.41 bits per heavy atom. The second kappa shape index (κ2) is 6.91. The maximum absolute atomic E-state index is 11.5. The molecule has 94 valence electrons. The Bertz CT molecular complexity index is 348. The lowest BCUT2D eigenvalue weighted by atomic mass is 10.1. The van der Waals surface area contributed by atoms with E-state index in [0.717, 1.165) is 11.3 Å². The third-order valence-corrected chi connectivity index (χ3v) is 2.48. The van der Waals surface area contributed by atoms with Gasteiger partial charge in [-0.2, -0.15) is 0 Å². The Morgan fingerprint density at radius 3 is 2.59 bits per heavy atom. The smallest absolute Gasteiger partial charge is 0.220 e. The lowest BCUT2D eigenvalue weighted by Crippen LogP contribution is -2.35. The zero-order chi connectivity index (χ0) is 12.7. The van der Waals surface area contributed by atoms with Gasteiger partial charge in [0.25, 0.3) is 0 Å².